The first kappa shape index (κ1) is 13.6. The molecule has 0 radical (unpaired) electrons. The van der Waals surface area contributed by atoms with Crippen LogP contribution in [0.4, 0.5) is 0 Å². The maximum Gasteiger partial charge on any atom is 0.164 e. The first-order valence-electron chi connectivity index (χ1n) is 6.46. The molecule has 19 heavy (non-hydrogen) atoms. The highest BCUT2D eigenvalue weighted by Gasteiger charge is 2.08. The zero-order valence-corrected chi connectivity index (χ0v) is 11.4. The van der Waals surface area contributed by atoms with E-state index < -0.39 is 0 Å². The summed E-state index contributed by atoms with van der Waals surface area (Å²) < 4.78 is 5.28. The summed E-state index contributed by atoms with van der Waals surface area (Å²) in [6, 6.07) is 11.5. The van der Waals surface area contributed by atoms with E-state index in [1.807, 2.05) is 50.4 Å². The number of furan rings is 1. The van der Waals surface area contributed by atoms with Crippen molar-refractivity contribution in [2.45, 2.75) is 19.9 Å². The molecule has 0 spiro atoms. The van der Waals surface area contributed by atoms with Gasteiger partial charge in [-0.05, 0) is 26.1 Å². The standard InChI is InChI=1S/C16H19NO2/c1-13-5-7-14(8-6-13)16(18)9-10-17(2)12-15-4-3-11-19-15/h3-8,11H,9-10,12H2,1-2H3. The SMILES string of the molecule is Cc1ccc(C(=O)CCN(C)Cc2ccco2)cc1. The molecule has 100 valence electrons. The van der Waals surface area contributed by atoms with E-state index in [0.717, 1.165) is 24.4 Å². The number of hydrogen-bond acceptors (Lipinski definition) is 3. The highest BCUT2D eigenvalue weighted by atomic mass is 16.3. The molecule has 0 saturated heterocycles. The lowest BCUT2D eigenvalue weighted by Gasteiger charge is -2.14. The Kier molecular flexibility index (Phi) is 4.53. The van der Waals surface area contributed by atoms with Crippen molar-refractivity contribution in [1.29, 1.82) is 0 Å². The van der Waals surface area contributed by atoms with Crippen molar-refractivity contribution in [3.05, 3.63) is 59.5 Å². The number of carbonyl (C=O) groups is 1. The summed E-state index contributed by atoms with van der Waals surface area (Å²) in [5.74, 6) is 1.11. The molecule has 3 heteroatoms. The molecule has 0 unspecified atom stereocenters. The summed E-state index contributed by atoms with van der Waals surface area (Å²) in [5.41, 5.74) is 1.96. The second kappa shape index (κ2) is 6.34. The minimum atomic E-state index is 0.186. The van der Waals surface area contributed by atoms with Gasteiger partial charge >= 0.3 is 0 Å². The van der Waals surface area contributed by atoms with Gasteiger partial charge in [0.15, 0.2) is 5.78 Å². The van der Waals surface area contributed by atoms with Crippen LogP contribution in [0.2, 0.25) is 0 Å². The monoisotopic (exact) mass is 257 g/mol. The molecule has 0 N–H and O–H groups in total. The van der Waals surface area contributed by atoms with Crippen molar-refractivity contribution in [2.24, 2.45) is 0 Å². The second-order valence-corrected chi connectivity index (χ2v) is 4.86. The quantitative estimate of drug-likeness (QED) is 0.744. The number of nitrogens with zero attached hydrogens (tertiary/aromatic N) is 1. The Morgan fingerprint density at radius 1 is 1.21 bits per heavy atom. The second-order valence-electron chi connectivity index (χ2n) is 4.86. The Balaban J connectivity index is 1.81. The fourth-order valence-electron chi connectivity index (χ4n) is 1.92. The topological polar surface area (TPSA) is 33.5 Å². The lowest BCUT2D eigenvalue weighted by molar-refractivity contribution is 0.0966. The molecule has 3 nitrogen and oxygen atoms in total. The minimum Gasteiger partial charge on any atom is -0.468 e. The van der Waals surface area contributed by atoms with Gasteiger partial charge in [0, 0.05) is 18.5 Å². The van der Waals surface area contributed by atoms with Crippen molar-refractivity contribution >= 4 is 5.78 Å². The van der Waals surface area contributed by atoms with Gasteiger partial charge in [0.2, 0.25) is 0 Å². The van der Waals surface area contributed by atoms with Gasteiger partial charge in [0.1, 0.15) is 5.76 Å². The van der Waals surface area contributed by atoms with Crippen molar-refractivity contribution in [3.63, 3.8) is 0 Å². The molecule has 0 aliphatic rings. The summed E-state index contributed by atoms with van der Waals surface area (Å²) in [6.45, 7) is 3.48. The number of carbonyl (C=O) groups excluding carboxylic acids is 1. The van der Waals surface area contributed by atoms with Gasteiger partial charge in [-0.2, -0.15) is 0 Å². The van der Waals surface area contributed by atoms with Gasteiger partial charge in [0.05, 0.1) is 12.8 Å². The number of rotatable bonds is 6. The van der Waals surface area contributed by atoms with Crippen LogP contribution >= 0.6 is 0 Å². The Labute approximate surface area is 113 Å². The molecule has 0 amide bonds. The number of aryl methyl sites for hydroxylation is 1. The van der Waals surface area contributed by atoms with Crippen LogP contribution in [0.15, 0.2) is 47.1 Å². The lowest BCUT2D eigenvalue weighted by atomic mass is 10.1. The van der Waals surface area contributed by atoms with Gasteiger partial charge in [-0.25, -0.2) is 0 Å². The molecule has 0 fully saturated rings. The third-order valence-electron chi connectivity index (χ3n) is 3.10. The number of benzene rings is 1. The zero-order valence-electron chi connectivity index (χ0n) is 11.4. The van der Waals surface area contributed by atoms with E-state index in [0.29, 0.717) is 6.42 Å². The van der Waals surface area contributed by atoms with Crippen LogP contribution in [0.3, 0.4) is 0 Å². The summed E-state index contributed by atoms with van der Waals surface area (Å²) in [5, 5.41) is 0. The zero-order chi connectivity index (χ0) is 13.7. The molecule has 0 bridgehead atoms. The van der Waals surface area contributed by atoms with E-state index in [1.54, 1.807) is 6.26 Å². The minimum absolute atomic E-state index is 0.186. The molecule has 0 aliphatic carbocycles. The van der Waals surface area contributed by atoms with Crippen molar-refractivity contribution < 1.29 is 9.21 Å². The number of hydrogen-bond donors (Lipinski definition) is 0. The summed E-state index contributed by atoms with van der Waals surface area (Å²) in [7, 11) is 1.99. The van der Waals surface area contributed by atoms with Crippen molar-refractivity contribution in [2.75, 3.05) is 13.6 Å². The van der Waals surface area contributed by atoms with Crippen LogP contribution < -0.4 is 0 Å². The van der Waals surface area contributed by atoms with Gasteiger partial charge in [0.25, 0.3) is 0 Å². The molecule has 1 aromatic carbocycles. The fourth-order valence-corrected chi connectivity index (χ4v) is 1.92. The van der Waals surface area contributed by atoms with E-state index in [1.165, 1.54) is 5.56 Å². The Morgan fingerprint density at radius 2 is 1.95 bits per heavy atom. The van der Waals surface area contributed by atoms with Gasteiger partial charge < -0.3 is 4.42 Å². The maximum absolute atomic E-state index is 12.0. The van der Waals surface area contributed by atoms with Crippen molar-refractivity contribution in [1.82, 2.24) is 4.90 Å². The molecule has 1 heterocycles. The van der Waals surface area contributed by atoms with E-state index >= 15 is 0 Å². The van der Waals surface area contributed by atoms with E-state index in [4.69, 9.17) is 4.42 Å². The molecule has 0 atom stereocenters. The van der Waals surface area contributed by atoms with Crippen LogP contribution in [-0.4, -0.2) is 24.3 Å². The average Bonchev–Trinajstić information content (AvgIpc) is 2.89. The summed E-state index contributed by atoms with van der Waals surface area (Å²) >= 11 is 0. The molecule has 0 saturated carbocycles. The Bertz CT molecular complexity index is 514. The van der Waals surface area contributed by atoms with Gasteiger partial charge in [-0.15, -0.1) is 0 Å². The van der Waals surface area contributed by atoms with E-state index in [2.05, 4.69) is 4.90 Å². The predicted molar refractivity (Wildman–Crippen MR) is 75.2 cm³/mol. The number of ketones is 1. The maximum atomic E-state index is 12.0. The van der Waals surface area contributed by atoms with Crippen LogP contribution in [-0.2, 0) is 6.54 Å². The largest absolute Gasteiger partial charge is 0.468 e. The first-order chi connectivity index (χ1) is 9.15. The molecule has 0 aliphatic heterocycles. The van der Waals surface area contributed by atoms with Gasteiger partial charge in [-0.3, -0.25) is 9.69 Å². The highest BCUT2D eigenvalue weighted by molar-refractivity contribution is 5.96. The van der Waals surface area contributed by atoms with Crippen LogP contribution in [0.5, 0.6) is 0 Å². The molecular weight excluding hydrogens is 238 g/mol. The highest BCUT2D eigenvalue weighted by Crippen LogP contribution is 2.08. The van der Waals surface area contributed by atoms with Crippen LogP contribution in [0.25, 0.3) is 0 Å². The van der Waals surface area contributed by atoms with Crippen LogP contribution in [0, 0.1) is 6.92 Å². The van der Waals surface area contributed by atoms with E-state index in [9.17, 15) is 4.79 Å². The smallest absolute Gasteiger partial charge is 0.164 e. The van der Waals surface area contributed by atoms with E-state index in [-0.39, 0.29) is 5.78 Å². The normalized spacial score (nSPS) is 10.9. The number of Topliss-reactive ketones (excluding diaryl/α,β-unsaturated/α-hetero) is 1. The Morgan fingerprint density at radius 3 is 2.58 bits per heavy atom. The third-order valence-corrected chi connectivity index (χ3v) is 3.10. The van der Waals surface area contributed by atoms with Crippen LogP contribution in [0.1, 0.15) is 28.1 Å². The summed E-state index contributed by atoms with van der Waals surface area (Å²) in [4.78, 5) is 14.1. The molecule has 1 aromatic heterocycles. The summed E-state index contributed by atoms with van der Waals surface area (Å²) in [6.07, 6.45) is 2.20. The first-order valence-corrected chi connectivity index (χ1v) is 6.46. The Hall–Kier alpha value is -1.87. The lowest BCUT2D eigenvalue weighted by Crippen LogP contribution is -2.21. The van der Waals surface area contributed by atoms with Crippen molar-refractivity contribution in [3.8, 4) is 0 Å². The average molecular weight is 257 g/mol. The van der Waals surface area contributed by atoms with Gasteiger partial charge in [-0.1, -0.05) is 29.8 Å². The predicted octanol–water partition coefficient (Wildman–Crippen LogP) is 3.29. The molecule has 2 aromatic rings. The fraction of sp³-hybridized carbons (Fsp3) is 0.312. The third kappa shape index (κ3) is 4.07. The molecular formula is C16H19NO2. The molecule has 2 rings (SSSR count).